The predicted octanol–water partition coefficient (Wildman–Crippen LogP) is 2.31. The van der Waals surface area contributed by atoms with E-state index in [0.29, 0.717) is 5.56 Å². The minimum Gasteiger partial charge on any atom is -0.428 e. The van der Waals surface area contributed by atoms with Crippen molar-refractivity contribution in [2.75, 3.05) is 0 Å². The first kappa shape index (κ1) is 10.3. The number of pyridine rings is 1. The molecule has 0 aliphatic heterocycles. The molecule has 1 aromatic rings. The Bertz CT molecular complexity index is 315. The third kappa shape index (κ3) is 3.20. The molecule has 0 amide bonds. The Morgan fingerprint density at radius 1 is 1.54 bits per heavy atom. The minimum atomic E-state index is -1.15. The van der Waals surface area contributed by atoms with Crippen molar-refractivity contribution in [1.29, 1.82) is 0 Å². The van der Waals surface area contributed by atoms with Crippen LogP contribution in [-0.4, -0.2) is 16.0 Å². The molecular weight excluding hydrogens is 213 g/mol. The summed E-state index contributed by atoms with van der Waals surface area (Å²) >= 11 is 10.5. The van der Waals surface area contributed by atoms with Gasteiger partial charge in [-0.15, -0.1) is 0 Å². The summed E-state index contributed by atoms with van der Waals surface area (Å²) in [5.41, 5.74) is 1.21. The molecule has 0 bridgehead atoms. The molecule has 13 heavy (non-hydrogen) atoms. The number of rotatable bonds is 2. The first-order valence-electron chi connectivity index (χ1n) is 3.50. The van der Waals surface area contributed by atoms with Gasteiger partial charge in [0.05, 0.1) is 5.56 Å². The fourth-order valence-electron chi connectivity index (χ4n) is 0.816. The number of ether oxygens (including phenoxy) is 1. The third-order valence-electron chi connectivity index (χ3n) is 1.31. The van der Waals surface area contributed by atoms with Gasteiger partial charge >= 0.3 is 5.97 Å². The second kappa shape index (κ2) is 4.44. The molecule has 0 aliphatic rings. The summed E-state index contributed by atoms with van der Waals surface area (Å²) < 4.78 is 4.54. The average Bonchev–Trinajstić information content (AvgIpc) is 2.03. The van der Waals surface area contributed by atoms with Gasteiger partial charge < -0.3 is 4.74 Å². The van der Waals surface area contributed by atoms with Crippen LogP contribution in [0.5, 0.6) is 0 Å². The molecule has 0 saturated heterocycles. The summed E-state index contributed by atoms with van der Waals surface area (Å²) in [5, 5.41) is -1.15. The number of esters is 1. The van der Waals surface area contributed by atoms with Gasteiger partial charge in [0.25, 0.3) is 5.02 Å². The Morgan fingerprint density at radius 3 is 2.77 bits per heavy atom. The number of aromatic nitrogens is 1. The normalized spacial score (nSPS) is 10.2. The van der Waals surface area contributed by atoms with Crippen LogP contribution in [0.15, 0.2) is 18.5 Å². The highest BCUT2D eigenvalue weighted by atomic mass is 35.5. The molecule has 0 radical (unpaired) electrons. The number of alkyl halides is 2. The fourth-order valence-corrected chi connectivity index (χ4v) is 0.977. The molecule has 0 saturated carbocycles. The van der Waals surface area contributed by atoms with E-state index in [2.05, 4.69) is 9.72 Å². The quantitative estimate of drug-likeness (QED) is 0.567. The maximum Gasteiger partial charge on any atom is 0.342 e. The van der Waals surface area contributed by atoms with Crippen molar-refractivity contribution in [3.63, 3.8) is 0 Å². The molecule has 0 aromatic carbocycles. The van der Waals surface area contributed by atoms with Gasteiger partial charge in [0.1, 0.15) is 0 Å². The summed E-state index contributed by atoms with van der Waals surface area (Å²) in [4.78, 5) is 15.0. The van der Waals surface area contributed by atoms with E-state index in [1.807, 2.05) is 6.92 Å². The van der Waals surface area contributed by atoms with Crippen molar-refractivity contribution in [3.05, 3.63) is 29.6 Å². The van der Waals surface area contributed by atoms with Crippen molar-refractivity contribution in [2.24, 2.45) is 0 Å². The number of aryl methyl sites for hydroxylation is 1. The SMILES string of the molecule is Cc1cncc(C(=O)OC(Cl)Cl)c1. The highest BCUT2D eigenvalue weighted by molar-refractivity contribution is 6.43. The molecule has 1 rings (SSSR count). The molecule has 1 heterocycles. The highest BCUT2D eigenvalue weighted by Gasteiger charge is 2.10. The Hall–Kier alpha value is -0.800. The Kier molecular flexibility index (Phi) is 3.51. The van der Waals surface area contributed by atoms with Gasteiger partial charge in [-0.05, 0) is 18.6 Å². The first-order valence-corrected chi connectivity index (χ1v) is 4.37. The van der Waals surface area contributed by atoms with Gasteiger partial charge in [0, 0.05) is 12.4 Å². The largest absolute Gasteiger partial charge is 0.428 e. The van der Waals surface area contributed by atoms with Crippen LogP contribution < -0.4 is 0 Å². The maximum absolute atomic E-state index is 11.2. The van der Waals surface area contributed by atoms with Gasteiger partial charge in [0.15, 0.2) is 0 Å². The van der Waals surface area contributed by atoms with Crippen LogP contribution >= 0.6 is 23.2 Å². The van der Waals surface area contributed by atoms with Crippen molar-refractivity contribution in [1.82, 2.24) is 4.98 Å². The summed E-state index contributed by atoms with van der Waals surface area (Å²) in [6, 6.07) is 1.64. The van der Waals surface area contributed by atoms with Crippen LogP contribution in [0.2, 0.25) is 0 Å². The second-order valence-corrected chi connectivity index (χ2v) is 3.43. The number of carbonyl (C=O) groups excluding carboxylic acids is 1. The topological polar surface area (TPSA) is 39.2 Å². The smallest absolute Gasteiger partial charge is 0.342 e. The summed E-state index contributed by atoms with van der Waals surface area (Å²) in [6.45, 7) is 1.82. The molecule has 0 unspecified atom stereocenters. The molecule has 0 atom stereocenters. The van der Waals surface area contributed by atoms with E-state index in [1.54, 1.807) is 12.3 Å². The zero-order valence-electron chi connectivity index (χ0n) is 6.83. The molecule has 70 valence electrons. The maximum atomic E-state index is 11.2. The average molecular weight is 220 g/mol. The molecule has 5 heteroatoms. The van der Waals surface area contributed by atoms with E-state index in [1.165, 1.54) is 6.20 Å². The number of carbonyl (C=O) groups is 1. The van der Waals surface area contributed by atoms with E-state index < -0.39 is 11.0 Å². The number of hydrogen-bond acceptors (Lipinski definition) is 3. The van der Waals surface area contributed by atoms with E-state index in [0.717, 1.165) is 5.56 Å². The molecule has 0 spiro atoms. The fraction of sp³-hybridized carbons (Fsp3) is 0.250. The minimum absolute atomic E-state index is 0.339. The molecule has 1 aromatic heterocycles. The van der Waals surface area contributed by atoms with Crippen molar-refractivity contribution in [2.45, 2.75) is 11.9 Å². The van der Waals surface area contributed by atoms with Gasteiger partial charge in [-0.1, -0.05) is 23.2 Å². The lowest BCUT2D eigenvalue weighted by molar-refractivity contribution is 0.0535. The second-order valence-electron chi connectivity index (χ2n) is 2.42. The number of halogens is 2. The molecule has 0 N–H and O–H groups in total. The van der Waals surface area contributed by atoms with E-state index in [4.69, 9.17) is 23.2 Å². The molecule has 3 nitrogen and oxygen atoms in total. The van der Waals surface area contributed by atoms with Gasteiger partial charge in [-0.3, -0.25) is 4.98 Å². The van der Waals surface area contributed by atoms with Gasteiger partial charge in [-0.25, -0.2) is 4.79 Å². The van der Waals surface area contributed by atoms with Crippen molar-refractivity contribution >= 4 is 29.2 Å². The first-order chi connectivity index (χ1) is 6.09. The highest BCUT2D eigenvalue weighted by Crippen LogP contribution is 2.09. The van der Waals surface area contributed by atoms with E-state index >= 15 is 0 Å². The third-order valence-corrected chi connectivity index (χ3v) is 1.48. The summed E-state index contributed by atoms with van der Waals surface area (Å²) in [7, 11) is 0. The van der Waals surface area contributed by atoms with Crippen LogP contribution in [0, 0.1) is 6.92 Å². The van der Waals surface area contributed by atoms with Crippen LogP contribution in [0.1, 0.15) is 15.9 Å². The van der Waals surface area contributed by atoms with Crippen molar-refractivity contribution in [3.8, 4) is 0 Å². The molecular formula is C8H7Cl2NO2. The van der Waals surface area contributed by atoms with Gasteiger partial charge in [-0.2, -0.15) is 0 Å². The molecule has 0 aliphatic carbocycles. The summed E-state index contributed by atoms with van der Waals surface area (Å²) in [5.74, 6) is -0.578. The lowest BCUT2D eigenvalue weighted by Crippen LogP contribution is -2.08. The predicted molar refractivity (Wildman–Crippen MR) is 49.9 cm³/mol. The van der Waals surface area contributed by atoms with Crippen LogP contribution in [-0.2, 0) is 4.74 Å². The van der Waals surface area contributed by atoms with Crippen molar-refractivity contribution < 1.29 is 9.53 Å². The Morgan fingerprint density at radius 2 is 2.23 bits per heavy atom. The Labute approximate surface area is 85.6 Å². The monoisotopic (exact) mass is 219 g/mol. The van der Waals surface area contributed by atoms with E-state index in [-0.39, 0.29) is 0 Å². The summed E-state index contributed by atoms with van der Waals surface area (Å²) in [6.07, 6.45) is 3.03. The number of nitrogens with zero attached hydrogens (tertiary/aromatic N) is 1. The lowest BCUT2D eigenvalue weighted by Gasteiger charge is -2.04. The zero-order chi connectivity index (χ0) is 9.84. The number of hydrogen-bond donors (Lipinski definition) is 0. The van der Waals surface area contributed by atoms with Gasteiger partial charge in [0.2, 0.25) is 0 Å². The van der Waals surface area contributed by atoms with E-state index in [9.17, 15) is 4.79 Å². The van der Waals surface area contributed by atoms with Crippen LogP contribution in [0.25, 0.3) is 0 Å². The Balaban J connectivity index is 2.77. The lowest BCUT2D eigenvalue weighted by atomic mass is 10.2. The van der Waals surface area contributed by atoms with Crippen LogP contribution in [0.3, 0.4) is 0 Å². The van der Waals surface area contributed by atoms with Crippen LogP contribution in [0.4, 0.5) is 0 Å². The standard InChI is InChI=1S/C8H7Cl2NO2/c1-5-2-6(4-11-3-5)7(12)13-8(9)10/h2-4,8H,1H3. The molecule has 0 fully saturated rings. The zero-order valence-corrected chi connectivity index (χ0v) is 8.34.